The zero-order valence-electron chi connectivity index (χ0n) is 38.4. The number of nitrogens with zero attached hydrogens (tertiary/aromatic N) is 2. The first-order chi connectivity index (χ1) is 33.7. The number of benzene rings is 10. The summed E-state index contributed by atoms with van der Waals surface area (Å²) in [5.41, 5.74) is 19.6. The number of aromatic nitrogens is 1. The van der Waals surface area contributed by atoms with Crippen LogP contribution in [0.1, 0.15) is 67.2 Å². The van der Waals surface area contributed by atoms with E-state index in [2.05, 4.69) is 247 Å². The second-order valence-electron chi connectivity index (χ2n) is 19.1. The van der Waals surface area contributed by atoms with Crippen molar-refractivity contribution >= 4 is 49.6 Å². The van der Waals surface area contributed by atoms with E-state index < -0.39 is 0 Å². The lowest BCUT2D eigenvalue weighted by molar-refractivity contribution is 0.445. The molecule has 13 rings (SSSR count). The summed E-state index contributed by atoms with van der Waals surface area (Å²) in [4.78, 5) is 2.58. The number of fused-ring (bicyclic) bond motifs is 7. The van der Waals surface area contributed by atoms with Crippen LogP contribution >= 0.6 is 0 Å². The van der Waals surface area contributed by atoms with Crippen LogP contribution in [-0.4, -0.2) is 4.57 Å². The third kappa shape index (κ3) is 6.31. The van der Waals surface area contributed by atoms with Crippen molar-refractivity contribution in [2.45, 2.75) is 50.4 Å². The van der Waals surface area contributed by atoms with E-state index in [4.69, 9.17) is 0 Å². The van der Waals surface area contributed by atoms with E-state index in [0.29, 0.717) is 5.92 Å². The molecule has 2 nitrogen and oxygen atoms in total. The smallest absolute Gasteiger partial charge is 0.0547 e. The van der Waals surface area contributed by atoms with Gasteiger partial charge in [0.2, 0.25) is 0 Å². The molecule has 326 valence electrons. The van der Waals surface area contributed by atoms with Crippen LogP contribution in [0.25, 0.3) is 71.6 Å². The van der Waals surface area contributed by atoms with Crippen LogP contribution in [0.3, 0.4) is 0 Å². The van der Waals surface area contributed by atoms with Crippen LogP contribution < -0.4 is 4.90 Å². The minimum absolute atomic E-state index is 0.344. The summed E-state index contributed by atoms with van der Waals surface area (Å²) in [6.45, 7) is 2.42. The molecule has 1 atom stereocenters. The van der Waals surface area contributed by atoms with Crippen LogP contribution in [0.15, 0.2) is 231 Å². The van der Waals surface area contributed by atoms with Crippen LogP contribution in [0.4, 0.5) is 17.1 Å². The molecule has 2 aliphatic rings. The molecule has 1 fully saturated rings. The Morgan fingerprint density at radius 3 is 1.93 bits per heavy atom. The summed E-state index contributed by atoms with van der Waals surface area (Å²) < 4.78 is 2.42. The number of hydrogen-bond donors (Lipinski definition) is 0. The van der Waals surface area contributed by atoms with Crippen molar-refractivity contribution in [1.82, 2.24) is 4.57 Å². The highest BCUT2D eigenvalue weighted by atomic mass is 15.1. The first kappa shape index (κ1) is 40.3. The lowest BCUT2D eigenvalue weighted by atomic mass is 9.74. The summed E-state index contributed by atoms with van der Waals surface area (Å²) in [5.74, 6) is 0.564. The molecular formula is C66H52N2. The fourth-order valence-corrected chi connectivity index (χ4v) is 12.4. The summed E-state index contributed by atoms with van der Waals surface area (Å²) >= 11 is 0. The molecule has 0 radical (unpaired) electrons. The van der Waals surface area contributed by atoms with Gasteiger partial charge in [0.05, 0.1) is 22.4 Å². The van der Waals surface area contributed by atoms with Gasteiger partial charge in [0, 0.05) is 38.7 Å². The minimum atomic E-state index is -0.344. The van der Waals surface area contributed by atoms with Crippen molar-refractivity contribution in [3.63, 3.8) is 0 Å². The molecule has 0 amide bonds. The van der Waals surface area contributed by atoms with Crippen molar-refractivity contribution in [2.75, 3.05) is 4.90 Å². The Bertz CT molecular complexity index is 3680. The van der Waals surface area contributed by atoms with Gasteiger partial charge in [-0.25, -0.2) is 0 Å². The van der Waals surface area contributed by atoms with Gasteiger partial charge in [-0.15, -0.1) is 0 Å². The highest BCUT2D eigenvalue weighted by Gasteiger charge is 2.42. The maximum atomic E-state index is 2.58. The van der Waals surface area contributed by atoms with Gasteiger partial charge in [0.15, 0.2) is 0 Å². The standard InChI is InChI=1S/C66H52N2/c1-66(48-27-7-3-8-28-48)57-38-14-11-33-55(57)65-58(66)39-21-43-62(65)68(59-40-15-12-32-53(59)54-37-19-25-46-24-18-35-51(63(46)54)45-22-5-2-6-23-45)50-31-17-26-47(44-50)52-36-20-42-61-64(52)56-34-13-16-41-60(56)67(61)49-29-9-4-10-30-49/h3-4,7-21,24-45H,2,5-6,22-23H2,1H3. The fraction of sp³-hybridized carbons (Fsp3) is 0.121. The van der Waals surface area contributed by atoms with E-state index in [1.54, 1.807) is 0 Å². The Hall–Kier alpha value is -7.94. The maximum Gasteiger partial charge on any atom is 0.0547 e. The maximum absolute atomic E-state index is 2.58. The number of rotatable bonds is 8. The summed E-state index contributed by atoms with van der Waals surface area (Å²) in [7, 11) is 0. The van der Waals surface area contributed by atoms with Gasteiger partial charge in [-0.3, -0.25) is 0 Å². The van der Waals surface area contributed by atoms with Crippen molar-refractivity contribution in [2.24, 2.45) is 0 Å². The largest absolute Gasteiger partial charge is 0.309 e. The Labute approximate surface area is 399 Å². The van der Waals surface area contributed by atoms with E-state index in [0.717, 1.165) is 17.1 Å². The number of para-hydroxylation sites is 3. The Balaban J connectivity index is 1.08. The monoisotopic (exact) mass is 872 g/mol. The molecule has 10 aromatic carbocycles. The van der Waals surface area contributed by atoms with Crippen LogP contribution in [0, 0.1) is 0 Å². The molecule has 0 N–H and O–H groups in total. The fourth-order valence-electron chi connectivity index (χ4n) is 12.4. The van der Waals surface area contributed by atoms with E-state index >= 15 is 0 Å². The molecule has 2 aliphatic carbocycles. The van der Waals surface area contributed by atoms with E-state index in [1.807, 2.05) is 0 Å². The Morgan fingerprint density at radius 1 is 0.456 bits per heavy atom. The molecule has 0 aliphatic heterocycles. The quantitative estimate of drug-likeness (QED) is 0.148. The normalized spacial score (nSPS) is 15.7. The van der Waals surface area contributed by atoms with Crippen molar-refractivity contribution in [3.8, 4) is 39.1 Å². The average Bonchev–Trinajstić information content (AvgIpc) is 3.90. The number of anilines is 3. The van der Waals surface area contributed by atoms with Gasteiger partial charge in [-0.05, 0) is 129 Å². The molecule has 1 heterocycles. The van der Waals surface area contributed by atoms with Gasteiger partial charge < -0.3 is 9.47 Å². The SMILES string of the molecule is CC1(c2ccccc2)c2ccccc2-c2c(N(c3cccc(-c4cccc5c4c4ccccc4n5-c4ccccc4)c3)c3ccccc3-c3cccc4cccc(C5CCCCC5)c34)cccc21. The van der Waals surface area contributed by atoms with Crippen molar-refractivity contribution in [1.29, 1.82) is 0 Å². The highest BCUT2D eigenvalue weighted by molar-refractivity contribution is 6.16. The van der Waals surface area contributed by atoms with Crippen LogP contribution in [0.5, 0.6) is 0 Å². The third-order valence-corrected chi connectivity index (χ3v) is 15.5. The summed E-state index contributed by atoms with van der Waals surface area (Å²) in [5, 5.41) is 5.21. The van der Waals surface area contributed by atoms with Gasteiger partial charge in [0.25, 0.3) is 0 Å². The summed E-state index contributed by atoms with van der Waals surface area (Å²) in [6.07, 6.45) is 6.43. The van der Waals surface area contributed by atoms with E-state index in [1.165, 1.54) is 126 Å². The van der Waals surface area contributed by atoms with Crippen LogP contribution in [0.2, 0.25) is 0 Å². The molecule has 11 aromatic rings. The number of hydrogen-bond acceptors (Lipinski definition) is 1. The van der Waals surface area contributed by atoms with Crippen molar-refractivity contribution in [3.05, 3.63) is 253 Å². The Morgan fingerprint density at radius 2 is 1.07 bits per heavy atom. The summed E-state index contributed by atoms with van der Waals surface area (Å²) in [6, 6.07) is 86.2. The molecule has 2 heteroatoms. The second-order valence-corrected chi connectivity index (χ2v) is 19.1. The third-order valence-electron chi connectivity index (χ3n) is 15.5. The van der Waals surface area contributed by atoms with Gasteiger partial charge in [-0.2, -0.15) is 0 Å². The lowest BCUT2D eigenvalue weighted by Crippen LogP contribution is -2.22. The van der Waals surface area contributed by atoms with E-state index in [-0.39, 0.29) is 5.41 Å². The van der Waals surface area contributed by atoms with Gasteiger partial charge in [-0.1, -0.05) is 201 Å². The molecule has 0 spiro atoms. The molecule has 1 unspecified atom stereocenters. The van der Waals surface area contributed by atoms with E-state index in [9.17, 15) is 0 Å². The first-order valence-electron chi connectivity index (χ1n) is 24.5. The molecule has 1 saturated carbocycles. The minimum Gasteiger partial charge on any atom is -0.309 e. The average molecular weight is 873 g/mol. The predicted octanol–water partition coefficient (Wildman–Crippen LogP) is 18.1. The van der Waals surface area contributed by atoms with Gasteiger partial charge in [0.1, 0.15) is 0 Å². The topological polar surface area (TPSA) is 8.17 Å². The molecular weight excluding hydrogens is 821 g/mol. The zero-order valence-corrected chi connectivity index (χ0v) is 38.4. The predicted molar refractivity (Wildman–Crippen MR) is 287 cm³/mol. The van der Waals surface area contributed by atoms with Gasteiger partial charge >= 0.3 is 0 Å². The second kappa shape index (κ2) is 16.4. The molecule has 0 bridgehead atoms. The first-order valence-corrected chi connectivity index (χ1v) is 24.5. The Kier molecular flexibility index (Phi) is 9.75. The zero-order chi connectivity index (χ0) is 45.2. The molecule has 0 saturated heterocycles. The van der Waals surface area contributed by atoms with Crippen molar-refractivity contribution < 1.29 is 0 Å². The van der Waals surface area contributed by atoms with Crippen LogP contribution in [-0.2, 0) is 5.41 Å². The molecule has 68 heavy (non-hydrogen) atoms. The lowest BCUT2D eigenvalue weighted by Gasteiger charge is -2.32. The highest BCUT2D eigenvalue weighted by Crippen LogP contribution is 2.58. The molecule has 1 aromatic heterocycles.